The lowest BCUT2D eigenvalue weighted by molar-refractivity contribution is 0.247. The number of rotatable bonds is 2. The number of alkyl halides is 1. The first kappa shape index (κ1) is 13.4. The Bertz CT molecular complexity index is 399. The van der Waals surface area contributed by atoms with E-state index in [0.29, 0.717) is 0 Å². The first-order valence-electron chi connectivity index (χ1n) is 4.34. The van der Waals surface area contributed by atoms with Crippen molar-refractivity contribution in [1.29, 1.82) is 0 Å². The highest BCUT2D eigenvalue weighted by Gasteiger charge is 1.90. The van der Waals surface area contributed by atoms with Crippen LogP contribution in [0.15, 0.2) is 24.3 Å². The first-order valence-corrected chi connectivity index (χ1v) is 4.87. The zero-order valence-corrected chi connectivity index (χ0v) is 9.17. The summed E-state index contributed by atoms with van der Waals surface area (Å²) in [6, 6.07) is 0. The molecule has 0 amide bonds. The summed E-state index contributed by atoms with van der Waals surface area (Å²) in [6.45, 7) is 1.88. The number of hydrogen-bond acceptors (Lipinski definition) is 1. The molecule has 0 fully saturated rings. The predicted molar refractivity (Wildman–Crippen MR) is 64.0 cm³/mol. The van der Waals surface area contributed by atoms with E-state index in [1.165, 1.54) is 12.2 Å². The van der Waals surface area contributed by atoms with Gasteiger partial charge in [0.25, 0.3) is 0 Å². The van der Waals surface area contributed by atoms with Crippen LogP contribution in [0.1, 0.15) is 6.92 Å². The smallest absolute Gasteiger partial charge is 0.0865 e. The topological polar surface area (TPSA) is 20.2 Å². The fourth-order valence-corrected chi connectivity index (χ4v) is 0.615. The molecule has 76 valence electrons. The van der Waals surface area contributed by atoms with E-state index in [-0.39, 0.29) is 5.88 Å². The van der Waals surface area contributed by atoms with Gasteiger partial charge in [0.1, 0.15) is 0 Å². The summed E-state index contributed by atoms with van der Waals surface area (Å²) in [4.78, 5) is 0. The molecule has 1 N–H and O–H groups in total. The maximum atomic E-state index is 9.01. The average Bonchev–Trinajstić information content (AvgIpc) is 2.26. The molecule has 15 heavy (non-hydrogen) atoms. The molecule has 1 nitrogen and oxygen atoms in total. The predicted octanol–water partition coefficient (Wildman–Crippen LogP) is 1.73. The first-order chi connectivity index (χ1) is 7.31. The normalized spacial score (nSPS) is 10.9. The van der Waals surface area contributed by atoms with E-state index in [0.717, 1.165) is 0 Å². The zero-order valence-electron chi connectivity index (χ0n) is 8.42. The van der Waals surface area contributed by atoms with Gasteiger partial charge < -0.3 is 5.11 Å². The summed E-state index contributed by atoms with van der Waals surface area (Å²) in [5, 5.41) is 9.01. The Morgan fingerprint density at radius 2 is 1.73 bits per heavy atom. The highest BCUT2D eigenvalue weighted by molar-refractivity contribution is 6.18. The van der Waals surface area contributed by atoms with Crippen molar-refractivity contribution in [2.75, 3.05) is 5.88 Å². The van der Waals surface area contributed by atoms with Crippen molar-refractivity contribution in [3.63, 3.8) is 0 Å². The maximum Gasteiger partial charge on any atom is 0.0865 e. The molecule has 1 atom stereocenters. The third-order valence-corrected chi connectivity index (χ3v) is 1.46. The number of allylic oxidation sites excluding steroid dienone is 3. The van der Waals surface area contributed by atoms with Crippen molar-refractivity contribution >= 4 is 11.6 Å². The van der Waals surface area contributed by atoms with Gasteiger partial charge in [-0.25, -0.2) is 0 Å². The van der Waals surface area contributed by atoms with Crippen LogP contribution in [-0.2, 0) is 0 Å². The molecule has 0 spiro atoms. The molecule has 0 aromatic heterocycles. The minimum atomic E-state index is -0.650. The SMILES string of the molecule is C/C=C/C#CC#CC#C/C=C/C(O)CCl. The lowest BCUT2D eigenvalue weighted by atomic mass is 10.3. The van der Waals surface area contributed by atoms with E-state index >= 15 is 0 Å². The molecule has 0 aliphatic carbocycles. The molecular formula is C13H11ClO. The highest BCUT2D eigenvalue weighted by Crippen LogP contribution is 1.87. The zero-order chi connectivity index (χ0) is 11.4. The molecule has 0 radical (unpaired) electrons. The number of aliphatic hydroxyl groups excluding tert-OH is 1. The van der Waals surface area contributed by atoms with Gasteiger partial charge in [0.2, 0.25) is 0 Å². The van der Waals surface area contributed by atoms with Crippen LogP contribution < -0.4 is 0 Å². The molecule has 0 aliphatic heterocycles. The number of aliphatic hydroxyl groups is 1. The van der Waals surface area contributed by atoms with Crippen LogP contribution in [0.4, 0.5) is 0 Å². The molecule has 0 saturated carbocycles. The van der Waals surface area contributed by atoms with E-state index in [4.69, 9.17) is 16.7 Å². The van der Waals surface area contributed by atoms with Gasteiger partial charge in [-0.15, -0.1) is 11.6 Å². The molecule has 0 aliphatic rings. The van der Waals surface area contributed by atoms with Gasteiger partial charge in [0.05, 0.1) is 12.0 Å². The lowest BCUT2D eigenvalue weighted by Crippen LogP contribution is -2.01. The van der Waals surface area contributed by atoms with Crippen LogP contribution in [0, 0.1) is 35.5 Å². The molecule has 0 heterocycles. The van der Waals surface area contributed by atoms with Crippen molar-refractivity contribution in [1.82, 2.24) is 0 Å². The van der Waals surface area contributed by atoms with Gasteiger partial charge in [-0.2, -0.15) is 0 Å². The monoisotopic (exact) mass is 218 g/mol. The minimum absolute atomic E-state index is 0.165. The Labute approximate surface area is 95.8 Å². The van der Waals surface area contributed by atoms with Crippen molar-refractivity contribution < 1.29 is 5.11 Å². The summed E-state index contributed by atoms with van der Waals surface area (Å²) in [5.41, 5.74) is 0. The van der Waals surface area contributed by atoms with Crippen LogP contribution in [-0.4, -0.2) is 17.1 Å². The summed E-state index contributed by atoms with van der Waals surface area (Å²) in [7, 11) is 0. The quantitative estimate of drug-likeness (QED) is 0.553. The van der Waals surface area contributed by atoms with E-state index in [1.54, 1.807) is 6.08 Å². The van der Waals surface area contributed by atoms with E-state index in [1.807, 2.05) is 13.0 Å². The van der Waals surface area contributed by atoms with Gasteiger partial charge in [-0.3, -0.25) is 0 Å². The second-order valence-corrected chi connectivity index (χ2v) is 2.68. The van der Waals surface area contributed by atoms with Gasteiger partial charge >= 0.3 is 0 Å². The molecule has 0 aromatic carbocycles. The van der Waals surface area contributed by atoms with Crippen LogP contribution in [0.25, 0.3) is 0 Å². The maximum absolute atomic E-state index is 9.01. The average molecular weight is 219 g/mol. The lowest BCUT2D eigenvalue weighted by Gasteiger charge is -1.93. The molecule has 0 bridgehead atoms. The summed E-state index contributed by atoms with van der Waals surface area (Å²) in [5.74, 6) is 15.8. The van der Waals surface area contributed by atoms with Crippen LogP contribution in [0.2, 0.25) is 0 Å². The molecule has 0 saturated heterocycles. The second kappa shape index (κ2) is 10.5. The Morgan fingerprint density at radius 1 is 1.13 bits per heavy atom. The number of hydrogen-bond donors (Lipinski definition) is 1. The van der Waals surface area contributed by atoms with Crippen LogP contribution in [0.3, 0.4) is 0 Å². The van der Waals surface area contributed by atoms with E-state index in [9.17, 15) is 0 Å². The molecule has 0 aromatic rings. The van der Waals surface area contributed by atoms with Gasteiger partial charge in [0.15, 0.2) is 0 Å². The van der Waals surface area contributed by atoms with Gasteiger partial charge in [0, 0.05) is 0 Å². The Balaban J connectivity index is 4.01. The van der Waals surface area contributed by atoms with E-state index in [2.05, 4.69) is 35.5 Å². The number of halogens is 1. The minimum Gasteiger partial charge on any atom is -0.388 e. The van der Waals surface area contributed by atoms with Crippen LogP contribution in [0.5, 0.6) is 0 Å². The molecule has 2 heteroatoms. The second-order valence-electron chi connectivity index (χ2n) is 2.37. The molecule has 1 unspecified atom stereocenters. The third-order valence-electron chi connectivity index (χ3n) is 1.14. The van der Waals surface area contributed by atoms with Crippen molar-refractivity contribution in [2.24, 2.45) is 0 Å². The fourth-order valence-electron chi connectivity index (χ4n) is 0.512. The summed E-state index contributed by atoms with van der Waals surface area (Å²) < 4.78 is 0. The Hall–Kier alpha value is -1.59. The summed E-state index contributed by atoms with van der Waals surface area (Å²) >= 11 is 5.36. The van der Waals surface area contributed by atoms with Crippen molar-refractivity contribution in [3.05, 3.63) is 24.3 Å². The van der Waals surface area contributed by atoms with Gasteiger partial charge in [-0.05, 0) is 48.8 Å². The van der Waals surface area contributed by atoms with Gasteiger partial charge in [-0.1, -0.05) is 17.9 Å². The van der Waals surface area contributed by atoms with E-state index < -0.39 is 6.10 Å². The molecule has 0 rings (SSSR count). The fraction of sp³-hybridized carbons (Fsp3) is 0.231. The molecular weight excluding hydrogens is 208 g/mol. The standard InChI is InChI=1S/C13H11ClO/c1-2-3-4-5-6-7-8-9-10-11-13(15)12-14/h2-3,10-11,13,15H,12H2,1H3/b3-2+,11-10+. The third kappa shape index (κ3) is 10.3. The van der Waals surface area contributed by atoms with Crippen LogP contribution >= 0.6 is 11.6 Å². The highest BCUT2D eigenvalue weighted by atomic mass is 35.5. The Morgan fingerprint density at radius 3 is 2.27 bits per heavy atom. The van der Waals surface area contributed by atoms with Crippen molar-refractivity contribution in [3.8, 4) is 35.5 Å². The largest absolute Gasteiger partial charge is 0.388 e. The van der Waals surface area contributed by atoms with Crippen molar-refractivity contribution in [2.45, 2.75) is 13.0 Å². The Kier molecular flexibility index (Phi) is 9.38. The summed E-state index contributed by atoms with van der Waals surface area (Å²) in [6.07, 6.45) is 5.91.